The molecule has 2 atom stereocenters. The lowest BCUT2D eigenvalue weighted by Crippen LogP contribution is -2.37. The lowest BCUT2D eigenvalue weighted by molar-refractivity contribution is -0.870. The SMILES string of the molecule is CC/C=C\C/C=C\C/C=C\C/C=C\C/C=C\C/C=C\CCCCCCCCC(=O)OC(COCCCCCCCCCCCCCCCCCCCCCCCC)COP(=O)([O-])OCC[N+](C)(C)C. The highest BCUT2D eigenvalue weighted by atomic mass is 31.2. The topological polar surface area (TPSA) is 94.1 Å². The van der Waals surface area contributed by atoms with Crippen LogP contribution in [0.15, 0.2) is 72.9 Å². The summed E-state index contributed by atoms with van der Waals surface area (Å²) in [4.78, 5) is 25.3. The van der Waals surface area contributed by atoms with Gasteiger partial charge in [-0.2, -0.15) is 0 Å². The van der Waals surface area contributed by atoms with Gasteiger partial charge in [0.25, 0.3) is 7.82 Å². The monoisotopic (exact) mass is 988 g/mol. The van der Waals surface area contributed by atoms with Crippen LogP contribution in [0.3, 0.4) is 0 Å². The molecule has 0 fully saturated rings. The first-order valence-corrected chi connectivity index (χ1v) is 30.1. The molecule has 0 aliphatic heterocycles. The lowest BCUT2D eigenvalue weighted by atomic mass is 10.0. The number of allylic oxidation sites excluding steroid dienone is 12. The predicted octanol–water partition coefficient (Wildman–Crippen LogP) is 17.5. The summed E-state index contributed by atoms with van der Waals surface area (Å²) in [5.74, 6) is -0.346. The Bertz CT molecular complexity index is 1330. The number of ether oxygens (including phenoxy) is 2. The van der Waals surface area contributed by atoms with E-state index in [4.69, 9.17) is 18.5 Å². The third-order valence-corrected chi connectivity index (χ3v) is 13.2. The fraction of sp³-hybridized carbons (Fsp3) is 0.783. The van der Waals surface area contributed by atoms with E-state index in [1.807, 2.05) is 21.1 Å². The summed E-state index contributed by atoms with van der Waals surface area (Å²) in [6.45, 7) is 5.31. The fourth-order valence-electron chi connectivity index (χ4n) is 7.91. The summed E-state index contributed by atoms with van der Waals surface area (Å²) in [6.07, 6.45) is 69.4. The fourth-order valence-corrected chi connectivity index (χ4v) is 8.63. The van der Waals surface area contributed by atoms with Gasteiger partial charge in [-0.3, -0.25) is 9.36 Å². The second-order valence-corrected chi connectivity index (χ2v) is 21.7. The first kappa shape index (κ1) is 66.9. The number of rotatable bonds is 53. The van der Waals surface area contributed by atoms with E-state index in [-0.39, 0.29) is 25.8 Å². The van der Waals surface area contributed by atoms with Gasteiger partial charge in [-0.1, -0.05) is 247 Å². The maximum Gasteiger partial charge on any atom is 0.306 e. The number of unbranched alkanes of at least 4 members (excludes halogenated alkanes) is 27. The molecule has 9 heteroatoms. The van der Waals surface area contributed by atoms with Crippen molar-refractivity contribution >= 4 is 13.8 Å². The molecule has 0 aromatic heterocycles. The minimum Gasteiger partial charge on any atom is -0.756 e. The summed E-state index contributed by atoms with van der Waals surface area (Å²) in [6, 6.07) is 0. The van der Waals surface area contributed by atoms with Crippen LogP contribution in [0.5, 0.6) is 0 Å². The Kier molecular flexibility index (Phi) is 50.7. The average molecular weight is 989 g/mol. The van der Waals surface area contributed by atoms with Crippen LogP contribution in [-0.4, -0.2) is 70.7 Å². The molecule has 0 aliphatic carbocycles. The van der Waals surface area contributed by atoms with Gasteiger partial charge in [-0.25, -0.2) is 0 Å². The molecular formula is C60H110NO7P. The molecule has 0 aromatic rings. The highest BCUT2D eigenvalue weighted by Crippen LogP contribution is 2.38. The normalized spacial score (nSPS) is 14.0. The third-order valence-electron chi connectivity index (χ3n) is 12.3. The Balaban J connectivity index is 4.12. The van der Waals surface area contributed by atoms with Crippen molar-refractivity contribution in [2.75, 3.05) is 54.1 Å². The zero-order valence-corrected chi connectivity index (χ0v) is 46.6. The molecule has 0 bridgehead atoms. The molecule has 2 unspecified atom stereocenters. The van der Waals surface area contributed by atoms with E-state index >= 15 is 0 Å². The van der Waals surface area contributed by atoms with E-state index in [1.165, 1.54) is 141 Å². The van der Waals surface area contributed by atoms with Gasteiger partial charge in [0.2, 0.25) is 0 Å². The van der Waals surface area contributed by atoms with Gasteiger partial charge in [0.15, 0.2) is 0 Å². The molecule has 0 rings (SSSR count). The number of carbonyl (C=O) groups is 1. The molecule has 0 N–H and O–H groups in total. The van der Waals surface area contributed by atoms with Crippen molar-refractivity contribution in [3.63, 3.8) is 0 Å². The summed E-state index contributed by atoms with van der Waals surface area (Å²) < 4.78 is 34.8. The van der Waals surface area contributed by atoms with Crippen molar-refractivity contribution in [2.45, 2.75) is 251 Å². The third kappa shape index (κ3) is 56.7. The number of hydrogen-bond donors (Lipinski definition) is 0. The molecule has 0 aromatic carbocycles. The van der Waals surface area contributed by atoms with E-state index < -0.39 is 13.9 Å². The second-order valence-electron chi connectivity index (χ2n) is 20.3. The molecule has 402 valence electrons. The quantitative estimate of drug-likeness (QED) is 0.0197. The van der Waals surface area contributed by atoms with Gasteiger partial charge in [-0.05, 0) is 64.2 Å². The van der Waals surface area contributed by atoms with Gasteiger partial charge in [0.1, 0.15) is 19.3 Å². The van der Waals surface area contributed by atoms with Crippen LogP contribution < -0.4 is 4.89 Å². The number of likely N-dealkylation sites (N-methyl/N-ethyl adjacent to an activating group) is 1. The van der Waals surface area contributed by atoms with Crippen LogP contribution in [0.4, 0.5) is 0 Å². The van der Waals surface area contributed by atoms with E-state index in [1.54, 1.807) is 0 Å². The largest absolute Gasteiger partial charge is 0.756 e. The van der Waals surface area contributed by atoms with Crippen LogP contribution in [0, 0.1) is 0 Å². The molecule has 0 spiro atoms. The number of nitrogens with zero attached hydrogens (tertiary/aromatic N) is 1. The minimum atomic E-state index is -4.54. The Morgan fingerprint density at radius 1 is 0.464 bits per heavy atom. The van der Waals surface area contributed by atoms with Crippen LogP contribution in [0.2, 0.25) is 0 Å². The van der Waals surface area contributed by atoms with E-state index in [9.17, 15) is 14.3 Å². The number of quaternary nitrogens is 1. The summed E-state index contributed by atoms with van der Waals surface area (Å²) in [5, 5.41) is 0. The van der Waals surface area contributed by atoms with E-state index in [0.29, 0.717) is 24.1 Å². The Morgan fingerprint density at radius 2 is 0.841 bits per heavy atom. The van der Waals surface area contributed by atoms with Crippen molar-refractivity contribution in [3.8, 4) is 0 Å². The van der Waals surface area contributed by atoms with Crippen molar-refractivity contribution in [3.05, 3.63) is 72.9 Å². The molecule has 0 heterocycles. The van der Waals surface area contributed by atoms with Gasteiger partial charge >= 0.3 is 5.97 Å². The van der Waals surface area contributed by atoms with E-state index in [2.05, 4.69) is 86.8 Å². The van der Waals surface area contributed by atoms with Crippen LogP contribution in [-0.2, 0) is 27.9 Å². The first-order chi connectivity index (χ1) is 33.6. The van der Waals surface area contributed by atoms with Crippen LogP contribution in [0.1, 0.15) is 245 Å². The Morgan fingerprint density at radius 3 is 1.26 bits per heavy atom. The van der Waals surface area contributed by atoms with Gasteiger partial charge < -0.3 is 27.9 Å². The molecule has 0 saturated heterocycles. The lowest BCUT2D eigenvalue weighted by Gasteiger charge is -2.28. The number of esters is 1. The molecule has 0 saturated carbocycles. The van der Waals surface area contributed by atoms with Crippen LogP contribution >= 0.6 is 7.82 Å². The van der Waals surface area contributed by atoms with Gasteiger partial charge in [-0.15, -0.1) is 0 Å². The summed E-state index contributed by atoms with van der Waals surface area (Å²) in [5.41, 5.74) is 0. The number of hydrogen-bond acceptors (Lipinski definition) is 7. The van der Waals surface area contributed by atoms with Crippen molar-refractivity contribution in [2.24, 2.45) is 0 Å². The van der Waals surface area contributed by atoms with E-state index in [0.717, 1.165) is 83.5 Å². The molecule has 69 heavy (non-hydrogen) atoms. The Labute approximate surface area is 427 Å². The molecule has 0 aliphatic rings. The van der Waals surface area contributed by atoms with Gasteiger partial charge in [0, 0.05) is 13.0 Å². The second kappa shape index (κ2) is 52.3. The maximum atomic E-state index is 12.8. The predicted molar refractivity (Wildman–Crippen MR) is 296 cm³/mol. The smallest absolute Gasteiger partial charge is 0.306 e. The zero-order chi connectivity index (χ0) is 50.5. The van der Waals surface area contributed by atoms with Crippen molar-refractivity contribution in [1.29, 1.82) is 0 Å². The highest BCUT2D eigenvalue weighted by Gasteiger charge is 2.20. The molecule has 0 radical (unpaired) electrons. The number of phosphoric acid groups is 1. The van der Waals surface area contributed by atoms with Crippen molar-refractivity contribution in [1.82, 2.24) is 0 Å². The van der Waals surface area contributed by atoms with Crippen LogP contribution in [0.25, 0.3) is 0 Å². The van der Waals surface area contributed by atoms with Crippen molar-refractivity contribution < 1.29 is 37.3 Å². The average Bonchev–Trinajstić information content (AvgIpc) is 3.31. The standard InChI is InChI=1S/C60H110NO7P/c1-6-8-10-12-14-16-18-20-22-24-26-28-30-31-32-33-35-37-39-41-43-45-47-49-51-53-60(62)68-59(58-67-69(63,64)66-56-54-61(3,4)5)57-65-55-52-50-48-46-44-42-40-38-36-34-29-27-25-23-21-19-17-15-13-11-9-7-2/h8,10,14,16,20,22,26,28,31-32,35,37,59H,6-7,9,11-13,15,17-19,21,23-25,27,29-30,33-34,36,38-58H2,1-5H3/b10-8-,16-14-,22-20-,28-26-,32-31-,37-35-. The summed E-state index contributed by atoms with van der Waals surface area (Å²) >= 11 is 0. The molecule has 8 nitrogen and oxygen atoms in total. The minimum absolute atomic E-state index is 0.0211. The number of carbonyl (C=O) groups excluding carboxylic acids is 1. The zero-order valence-electron chi connectivity index (χ0n) is 45.7. The van der Waals surface area contributed by atoms with Gasteiger partial charge in [0.05, 0.1) is 34.4 Å². The first-order valence-electron chi connectivity index (χ1n) is 28.7. The highest BCUT2D eigenvalue weighted by molar-refractivity contribution is 7.45. The molecular weight excluding hydrogens is 878 g/mol. The Hall–Kier alpha value is -2.06. The molecule has 0 amide bonds. The maximum absolute atomic E-state index is 12.8. The number of phosphoric ester groups is 1. The summed E-state index contributed by atoms with van der Waals surface area (Å²) in [7, 11) is 1.35.